The zero-order chi connectivity index (χ0) is 23.6. The van der Waals surface area contributed by atoms with Crippen molar-refractivity contribution in [2.75, 3.05) is 0 Å². The fourth-order valence-corrected chi connectivity index (χ4v) is 3.62. The van der Waals surface area contributed by atoms with Crippen LogP contribution in [0.15, 0.2) is 54.6 Å². The van der Waals surface area contributed by atoms with Gasteiger partial charge in [-0.05, 0) is 56.5 Å². The molecule has 0 aliphatic carbocycles. The fraction of sp³-hybridized carbons (Fsp3) is 0.500. The number of carbonyl (C=O) groups excluding carboxylic acids is 1. The van der Waals surface area contributed by atoms with Crippen LogP contribution >= 0.6 is 0 Å². The summed E-state index contributed by atoms with van der Waals surface area (Å²) in [6, 6.07) is 17.0. The third-order valence-electron chi connectivity index (χ3n) is 5.57. The van der Waals surface area contributed by atoms with E-state index in [1.54, 1.807) is 6.92 Å². The number of aliphatic hydroxyl groups is 2. The normalized spacial score (nSPS) is 23.6. The summed E-state index contributed by atoms with van der Waals surface area (Å²) in [5.74, 6) is 1.20. The van der Waals surface area contributed by atoms with E-state index >= 15 is 0 Å². The highest BCUT2D eigenvalue weighted by molar-refractivity contribution is 5.69. The Hall–Kier alpha value is -2.45. The Morgan fingerprint density at radius 2 is 1.82 bits per heavy atom. The number of hydrogen-bond acceptors (Lipinski definition) is 7. The maximum atomic E-state index is 12.1. The molecule has 1 saturated heterocycles. The minimum atomic E-state index is -0.842. The number of ether oxygens (including phenoxy) is 4. The molecule has 0 amide bonds. The van der Waals surface area contributed by atoms with Crippen LogP contribution in [0.5, 0.6) is 11.5 Å². The quantitative estimate of drug-likeness (QED) is 0.382. The molecule has 2 aromatic carbocycles. The minimum absolute atomic E-state index is 0.129. The first-order chi connectivity index (χ1) is 15.9. The summed E-state index contributed by atoms with van der Waals surface area (Å²) >= 11 is 0. The largest absolute Gasteiger partial charge is 0.461 e. The fourth-order valence-electron chi connectivity index (χ4n) is 3.62. The summed E-state index contributed by atoms with van der Waals surface area (Å²) in [7, 11) is 0. The predicted octanol–water partition coefficient (Wildman–Crippen LogP) is 4.34. The standard InChI is InChI=1S/C26H34O7/c1-18(31-26-24(28)16-23(27)19(2)32-26)9-6-7-14-25(29)30-17-20-10-8-13-22(15-20)33-21-11-4-3-5-12-21/h3-5,8,10-13,15,18-19,23-24,26-28H,6-7,9,14,16-17H2,1-2H3/t18-,19+,23-,24-,26-/m1/s1. The lowest BCUT2D eigenvalue weighted by atomic mass is 10.0. The van der Waals surface area contributed by atoms with Crippen molar-refractivity contribution in [2.45, 2.75) is 83.3 Å². The molecule has 0 saturated carbocycles. The van der Waals surface area contributed by atoms with Crippen molar-refractivity contribution in [1.29, 1.82) is 0 Å². The Bertz CT molecular complexity index is 857. The molecule has 0 bridgehead atoms. The number of rotatable bonds is 11. The molecule has 7 heteroatoms. The summed E-state index contributed by atoms with van der Waals surface area (Å²) < 4.78 is 22.5. The van der Waals surface area contributed by atoms with Gasteiger partial charge in [0.25, 0.3) is 0 Å². The van der Waals surface area contributed by atoms with Gasteiger partial charge < -0.3 is 29.2 Å². The molecule has 2 aromatic rings. The molecule has 33 heavy (non-hydrogen) atoms. The third-order valence-corrected chi connectivity index (χ3v) is 5.57. The second-order valence-electron chi connectivity index (χ2n) is 8.50. The van der Waals surface area contributed by atoms with E-state index in [9.17, 15) is 15.0 Å². The van der Waals surface area contributed by atoms with Crippen molar-refractivity contribution in [3.63, 3.8) is 0 Å². The van der Waals surface area contributed by atoms with Gasteiger partial charge in [0.1, 0.15) is 24.2 Å². The molecule has 1 aliphatic heterocycles. The summed E-state index contributed by atoms with van der Waals surface area (Å²) in [5.41, 5.74) is 0.865. The van der Waals surface area contributed by atoms with Crippen LogP contribution in [0.4, 0.5) is 0 Å². The van der Waals surface area contributed by atoms with Gasteiger partial charge in [-0.3, -0.25) is 4.79 Å². The number of carbonyl (C=O) groups is 1. The second kappa shape index (κ2) is 12.7. The first kappa shape index (κ1) is 25.2. The van der Waals surface area contributed by atoms with Gasteiger partial charge in [-0.1, -0.05) is 36.8 Å². The van der Waals surface area contributed by atoms with Crippen molar-refractivity contribution in [3.05, 3.63) is 60.2 Å². The first-order valence-electron chi connectivity index (χ1n) is 11.5. The van der Waals surface area contributed by atoms with E-state index in [4.69, 9.17) is 18.9 Å². The number of aliphatic hydroxyl groups excluding tert-OH is 2. The lowest BCUT2D eigenvalue weighted by Crippen LogP contribution is -2.48. The van der Waals surface area contributed by atoms with E-state index in [-0.39, 0.29) is 31.2 Å². The predicted molar refractivity (Wildman–Crippen MR) is 123 cm³/mol. The van der Waals surface area contributed by atoms with E-state index in [2.05, 4.69) is 0 Å². The molecular formula is C26H34O7. The molecule has 5 atom stereocenters. The smallest absolute Gasteiger partial charge is 0.306 e. The van der Waals surface area contributed by atoms with Crippen LogP contribution in [0.25, 0.3) is 0 Å². The SMILES string of the molecule is C[C@H](CCCCC(=O)OCc1cccc(Oc2ccccc2)c1)O[C@@H]1O[C@@H](C)[C@H](O)C[C@H]1O. The Morgan fingerprint density at radius 3 is 2.61 bits per heavy atom. The highest BCUT2D eigenvalue weighted by atomic mass is 16.7. The van der Waals surface area contributed by atoms with Crippen LogP contribution in [0.3, 0.4) is 0 Å². The zero-order valence-electron chi connectivity index (χ0n) is 19.3. The van der Waals surface area contributed by atoms with Gasteiger partial charge in [0.2, 0.25) is 0 Å². The molecule has 180 valence electrons. The lowest BCUT2D eigenvalue weighted by molar-refractivity contribution is -0.273. The van der Waals surface area contributed by atoms with E-state index in [0.717, 1.165) is 24.2 Å². The van der Waals surface area contributed by atoms with Crippen molar-refractivity contribution in [2.24, 2.45) is 0 Å². The molecule has 0 spiro atoms. The molecule has 1 fully saturated rings. The second-order valence-corrected chi connectivity index (χ2v) is 8.50. The van der Waals surface area contributed by atoms with Crippen LogP contribution in [-0.4, -0.2) is 46.9 Å². The van der Waals surface area contributed by atoms with Crippen LogP contribution in [0, 0.1) is 0 Å². The molecule has 2 N–H and O–H groups in total. The van der Waals surface area contributed by atoms with E-state index in [0.29, 0.717) is 18.6 Å². The lowest BCUT2D eigenvalue weighted by Gasteiger charge is -2.36. The Balaban J connectivity index is 1.31. The van der Waals surface area contributed by atoms with Gasteiger partial charge in [-0.25, -0.2) is 0 Å². The molecule has 1 heterocycles. The first-order valence-corrected chi connectivity index (χ1v) is 11.5. The van der Waals surface area contributed by atoms with Crippen molar-refractivity contribution in [1.82, 2.24) is 0 Å². The molecule has 0 aromatic heterocycles. The van der Waals surface area contributed by atoms with Crippen LogP contribution in [-0.2, 0) is 25.6 Å². The average Bonchev–Trinajstić information content (AvgIpc) is 2.80. The summed E-state index contributed by atoms with van der Waals surface area (Å²) in [4.78, 5) is 12.1. The third kappa shape index (κ3) is 8.44. The Labute approximate surface area is 195 Å². The van der Waals surface area contributed by atoms with Gasteiger partial charge in [0.15, 0.2) is 6.29 Å². The maximum Gasteiger partial charge on any atom is 0.306 e. The molecule has 7 nitrogen and oxygen atoms in total. The molecule has 1 aliphatic rings. The van der Waals surface area contributed by atoms with Crippen LogP contribution in [0.1, 0.15) is 51.5 Å². The molecule has 0 unspecified atom stereocenters. The van der Waals surface area contributed by atoms with Gasteiger partial charge in [-0.15, -0.1) is 0 Å². The summed E-state index contributed by atoms with van der Waals surface area (Å²) in [5, 5.41) is 19.7. The van der Waals surface area contributed by atoms with Crippen molar-refractivity contribution >= 4 is 5.97 Å². The van der Waals surface area contributed by atoms with E-state index in [1.807, 2.05) is 61.5 Å². The minimum Gasteiger partial charge on any atom is -0.461 e. The van der Waals surface area contributed by atoms with Crippen LogP contribution in [0.2, 0.25) is 0 Å². The van der Waals surface area contributed by atoms with Crippen LogP contribution < -0.4 is 4.74 Å². The molecule has 3 rings (SSSR count). The summed E-state index contributed by atoms with van der Waals surface area (Å²) in [6.45, 7) is 3.87. The summed E-state index contributed by atoms with van der Waals surface area (Å²) in [6.07, 6.45) is 0.0293. The van der Waals surface area contributed by atoms with Crippen molar-refractivity contribution in [3.8, 4) is 11.5 Å². The van der Waals surface area contributed by atoms with Gasteiger partial charge in [0.05, 0.1) is 18.3 Å². The number of esters is 1. The highest BCUT2D eigenvalue weighted by Crippen LogP contribution is 2.24. The average molecular weight is 459 g/mol. The van der Waals surface area contributed by atoms with Crippen molar-refractivity contribution < 1.29 is 34.0 Å². The van der Waals surface area contributed by atoms with Gasteiger partial charge >= 0.3 is 5.97 Å². The van der Waals surface area contributed by atoms with Gasteiger partial charge in [-0.2, -0.15) is 0 Å². The Morgan fingerprint density at radius 1 is 1.06 bits per heavy atom. The number of benzene rings is 2. The maximum absolute atomic E-state index is 12.1. The topological polar surface area (TPSA) is 94.5 Å². The highest BCUT2D eigenvalue weighted by Gasteiger charge is 2.35. The molecule has 0 radical (unpaired) electrons. The van der Waals surface area contributed by atoms with Gasteiger partial charge in [0, 0.05) is 12.8 Å². The number of unbranched alkanes of at least 4 members (excludes halogenated alkanes) is 1. The van der Waals surface area contributed by atoms with E-state index in [1.165, 1.54) is 0 Å². The van der Waals surface area contributed by atoms with E-state index < -0.39 is 18.5 Å². The Kier molecular flexibility index (Phi) is 9.69. The zero-order valence-corrected chi connectivity index (χ0v) is 19.3. The number of hydrogen-bond donors (Lipinski definition) is 2. The monoisotopic (exact) mass is 458 g/mol. The molecular weight excluding hydrogens is 424 g/mol. The number of para-hydroxylation sites is 1.